The third kappa shape index (κ3) is 1.95. The summed E-state index contributed by atoms with van der Waals surface area (Å²) in [5.41, 5.74) is 0.366. The first-order valence-corrected chi connectivity index (χ1v) is 6.59. The van der Waals surface area contributed by atoms with E-state index >= 15 is 0 Å². The molecule has 0 radical (unpaired) electrons. The number of halogens is 1. The van der Waals surface area contributed by atoms with E-state index in [-0.39, 0.29) is 11.7 Å². The number of hydrogen-bond acceptors (Lipinski definition) is 5. The highest BCUT2D eigenvalue weighted by Gasteiger charge is 2.17. The van der Waals surface area contributed by atoms with Crippen LogP contribution in [0.25, 0.3) is 15.5 Å². The molecule has 0 saturated carbocycles. The normalized spacial score (nSPS) is 11.6. The Balaban J connectivity index is 2.18. The van der Waals surface area contributed by atoms with Crippen LogP contribution in [0.5, 0.6) is 5.75 Å². The summed E-state index contributed by atoms with van der Waals surface area (Å²) in [6, 6.07) is 3.78. The molecule has 0 spiro atoms. The standard InChI is InChI=1S/C12H11FN4OS/c1-6(2)10-14-15-12-17(10)16-11(19-12)8-5-7(13)3-4-9(8)18/h3-6,18H,1-2H3. The van der Waals surface area contributed by atoms with Crippen LogP contribution in [0.2, 0.25) is 0 Å². The third-order valence-electron chi connectivity index (χ3n) is 2.72. The second-order valence-corrected chi connectivity index (χ2v) is 5.43. The van der Waals surface area contributed by atoms with Gasteiger partial charge in [0.15, 0.2) is 10.8 Å². The number of nitrogens with zero attached hydrogens (tertiary/aromatic N) is 4. The number of benzene rings is 1. The van der Waals surface area contributed by atoms with Gasteiger partial charge in [-0.1, -0.05) is 25.2 Å². The molecule has 1 N–H and O–H groups in total. The van der Waals surface area contributed by atoms with Gasteiger partial charge >= 0.3 is 0 Å². The van der Waals surface area contributed by atoms with Gasteiger partial charge in [-0.05, 0) is 18.2 Å². The molecule has 0 amide bonds. The first-order valence-electron chi connectivity index (χ1n) is 5.77. The highest BCUT2D eigenvalue weighted by Crippen LogP contribution is 2.33. The SMILES string of the molecule is CC(C)c1nnc2sc(-c3cc(F)ccc3O)nn12. The predicted octanol–water partition coefficient (Wildman–Crippen LogP) is 2.82. The minimum atomic E-state index is -0.414. The molecule has 0 bridgehead atoms. The number of phenols is 1. The average molecular weight is 278 g/mol. The first-order chi connectivity index (χ1) is 9.06. The maximum absolute atomic E-state index is 13.3. The Hall–Kier alpha value is -2.02. The van der Waals surface area contributed by atoms with Crippen molar-refractivity contribution in [3.8, 4) is 16.3 Å². The molecule has 7 heteroatoms. The summed E-state index contributed by atoms with van der Waals surface area (Å²) in [6.07, 6.45) is 0. The van der Waals surface area contributed by atoms with Crippen molar-refractivity contribution in [1.82, 2.24) is 19.8 Å². The first kappa shape index (κ1) is 12.0. The van der Waals surface area contributed by atoms with E-state index in [1.165, 1.54) is 29.5 Å². The Kier molecular flexibility index (Phi) is 2.70. The summed E-state index contributed by atoms with van der Waals surface area (Å²) in [5, 5.41) is 22.7. The fourth-order valence-electron chi connectivity index (χ4n) is 1.78. The van der Waals surface area contributed by atoms with E-state index in [2.05, 4.69) is 15.3 Å². The maximum atomic E-state index is 13.3. The molecule has 98 valence electrons. The number of phenolic OH excluding ortho intramolecular Hbond substituents is 1. The molecule has 5 nitrogen and oxygen atoms in total. The highest BCUT2D eigenvalue weighted by atomic mass is 32.1. The molecular weight excluding hydrogens is 267 g/mol. The fourth-order valence-corrected chi connectivity index (χ4v) is 2.65. The van der Waals surface area contributed by atoms with Gasteiger partial charge < -0.3 is 5.11 Å². The molecule has 0 saturated heterocycles. The van der Waals surface area contributed by atoms with Crippen LogP contribution in [-0.4, -0.2) is 24.9 Å². The van der Waals surface area contributed by atoms with Gasteiger partial charge in [-0.15, -0.1) is 10.2 Å². The van der Waals surface area contributed by atoms with Crippen LogP contribution in [0.15, 0.2) is 18.2 Å². The summed E-state index contributed by atoms with van der Waals surface area (Å²) in [4.78, 5) is 0.627. The van der Waals surface area contributed by atoms with Crippen molar-refractivity contribution in [2.24, 2.45) is 0 Å². The molecule has 0 atom stereocenters. The van der Waals surface area contributed by atoms with Gasteiger partial charge in [0.05, 0.1) is 5.56 Å². The van der Waals surface area contributed by atoms with Crippen molar-refractivity contribution in [1.29, 1.82) is 0 Å². The number of fused-ring (bicyclic) bond motifs is 1. The largest absolute Gasteiger partial charge is 0.507 e. The van der Waals surface area contributed by atoms with Gasteiger partial charge in [0.1, 0.15) is 11.6 Å². The number of aromatic nitrogens is 4. The molecule has 0 aliphatic rings. The Labute approximate surface area is 112 Å². The van der Waals surface area contributed by atoms with Crippen LogP contribution in [0, 0.1) is 5.82 Å². The van der Waals surface area contributed by atoms with E-state index in [0.717, 1.165) is 5.82 Å². The van der Waals surface area contributed by atoms with E-state index in [0.29, 0.717) is 15.5 Å². The van der Waals surface area contributed by atoms with Gasteiger partial charge in [0.25, 0.3) is 0 Å². The molecule has 0 unspecified atom stereocenters. The van der Waals surface area contributed by atoms with Crippen LogP contribution < -0.4 is 0 Å². The van der Waals surface area contributed by atoms with Crippen molar-refractivity contribution >= 4 is 16.3 Å². The predicted molar refractivity (Wildman–Crippen MR) is 69.8 cm³/mol. The summed E-state index contributed by atoms with van der Waals surface area (Å²) in [7, 11) is 0. The molecule has 3 rings (SSSR count). The zero-order valence-electron chi connectivity index (χ0n) is 10.3. The van der Waals surface area contributed by atoms with Crippen molar-refractivity contribution in [2.75, 3.05) is 0 Å². The fraction of sp³-hybridized carbons (Fsp3) is 0.250. The zero-order valence-corrected chi connectivity index (χ0v) is 11.1. The molecule has 0 fully saturated rings. The zero-order chi connectivity index (χ0) is 13.6. The summed E-state index contributed by atoms with van der Waals surface area (Å²) in [6.45, 7) is 3.99. The van der Waals surface area contributed by atoms with Crippen molar-refractivity contribution in [3.05, 3.63) is 29.8 Å². The molecule has 1 aromatic carbocycles. The number of hydrogen-bond donors (Lipinski definition) is 1. The van der Waals surface area contributed by atoms with Gasteiger partial charge in [0, 0.05) is 5.92 Å². The van der Waals surface area contributed by atoms with Gasteiger partial charge in [-0.3, -0.25) is 0 Å². The number of aromatic hydroxyl groups is 1. The lowest BCUT2D eigenvalue weighted by Crippen LogP contribution is -1.97. The lowest BCUT2D eigenvalue weighted by Gasteiger charge is -2.00. The Morgan fingerprint density at radius 2 is 2.11 bits per heavy atom. The van der Waals surface area contributed by atoms with E-state index in [9.17, 15) is 9.50 Å². The second-order valence-electron chi connectivity index (χ2n) is 4.48. The third-order valence-corrected chi connectivity index (χ3v) is 3.65. The van der Waals surface area contributed by atoms with Gasteiger partial charge in [-0.25, -0.2) is 4.39 Å². The minimum Gasteiger partial charge on any atom is -0.507 e. The van der Waals surface area contributed by atoms with Crippen LogP contribution in [0.1, 0.15) is 25.6 Å². The van der Waals surface area contributed by atoms with Crippen molar-refractivity contribution in [3.63, 3.8) is 0 Å². The molecular formula is C12H11FN4OS. The smallest absolute Gasteiger partial charge is 0.234 e. The second kappa shape index (κ2) is 4.27. The van der Waals surface area contributed by atoms with Gasteiger partial charge in [0.2, 0.25) is 4.96 Å². The molecule has 3 aromatic rings. The lowest BCUT2D eigenvalue weighted by molar-refractivity contribution is 0.475. The van der Waals surface area contributed by atoms with Crippen LogP contribution in [-0.2, 0) is 0 Å². The van der Waals surface area contributed by atoms with E-state index < -0.39 is 5.82 Å². The topological polar surface area (TPSA) is 63.3 Å². The quantitative estimate of drug-likeness (QED) is 0.783. The summed E-state index contributed by atoms with van der Waals surface area (Å²) < 4.78 is 14.9. The van der Waals surface area contributed by atoms with Crippen molar-refractivity contribution in [2.45, 2.75) is 19.8 Å². The van der Waals surface area contributed by atoms with Crippen molar-refractivity contribution < 1.29 is 9.50 Å². The molecule has 2 heterocycles. The molecule has 0 aliphatic carbocycles. The van der Waals surface area contributed by atoms with E-state index in [4.69, 9.17) is 0 Å². The highest BCUT2D eigenvalue weighted by molar-refractivity contribution is 7.19. The lowest BCUT2D eigenvalue weighted by atomic mass is 10.2. The minimum absolute atomic E-state index is 0.00235. The van der Waals surface area contributed by atoms with Crippen LogP contribution in [0.4, 0.5) is 4.39 Å². The monoisotopic (exact) mass is 278 g/mol. The van der Waals surface area contributed by atoms with Gasteiger partial charge in [-0.2, -0.15) is 9.61 Å². The molecule has 2 aromatic heterocycles. The van der Waals surface area contributed by atoms with E-state index in [1.807, 2.05) is 13.8 Å². The average Bonchev–Trinajstić information content (AvgIpc) is 2.91. The Morgan fingerprint density at radius 1 is 1.32 bits per heavy atom. The molecule has 0 aliphatic heterocycles. The molecule has 19 heavy (non-hydrogen) atoms. The Morgan fingerprint density at radius 3 is 2.84 bits per heavy atom. The summed E-state index contributed by atoms with van der Waals surface area (Å²) in [5.74, 6) is 0.514. The maximum Gasteiger partial charge on any atom is 0.234 e. The van der Waals surface area contributed by atoms with Crippen LogP contribution in [0.3, 0.4) is 0 Å². The van der Waals surface area contributed by atoms with E-state index in [1.54, 1.807) is 4.52 Å². The summed E-state index contributed by atoms with van der Waals surface area (Å²) >= 11 is 1.26. The van der Waals surface area contributed by atoms with Crippen LogP contribution >= 0.6 is 11.3 Å². The Bertz CT molecular complexity index is 749. The number of rotatable bonds is 2.